The number of hydrogen-bond acceptors (Lipinski definition) is 0. The van der Waals surface area contributed by atoms with Crippen LogP contribution in [0.1, 0.15) is 104 Å². The molecule has 0 aromatic carbocycles. The maximum absolute atomic E-state index is 2.31. The van der Waals surface area contributed by atoms with Crippen molar-refractivity contribution in [2.45, 2.75) is 104 Å². The third-order valence-electron chi connectivity index (χ3n) is 4.93. The minimum Gasteiger partial charge on any atom is -0.0654 e. The van der Waals surface area contributed by atoms with Crippen LogP contribution in [0.15, 0.2) is 0 Å². The van der Waals surface area contributed by atoms with Gasteiger partial charge in [0.05, 0.1) is 0 Å². The van der Waals surface area contributed by atoms with Crippen LogP contribution in [-0.2, 0) is 0 Å². The van der Waals surface area contributed by atoms with E-state index in [1.54, 1.807) is 25.7 Å². The highest BCUT2D eigenvalue weighted by Gasteiger charge is 2.29. The lowest BCUT2D eigenvalue weighted by atomic mass is 9.69. The fourth-order valence-electron chi connectivity index (χ4n) is 3.42. The Hall–Kier alpha value is 0. The lowest BCUT2D eigenvalue weighted by molar-refractivity contribution is 0.145. The van der Waals surface area contributed by atoms with E-state index in [9.17, 15) is 0 Å². The van der Waals surface area contributed by atoms with E-state index in [4.69, 9.17) is 0 Å². The summed E-state index contributed by atoms with van der Waals surface area (Å²) in [6.45, 7) is 4.61. The quantitative estimate of drug-likeness (QED) is 0.338. The summed E-state index contributed by atoms with van der Waals surface area (Å²) < 4.78 is 0. The molecule has 0 spiro atoms. The van der Waals surface area contributed by atoms with E-state index in [2.05, 4.69) is 13.8 Å². The second-order valence-electron chi connectivity index (χ2n) is 6.50. The Morgan fingerprint density at radius 3 is 1.28 bits per heavy atom. The molecule has 1 aliphatic carbocycles. The van der Waals surface area contributed by atoms with Gasteiger partial charge >= 0.3 is 0 Å². The van der Waals surface area contributed by atoms with Crippen LogP contribution in [-0.4, -0.2) is 0 Å². The maximum Gasteiger partial charge on any atom is -0.0386 e. The molecule has 0 aromatic heterocycles. The van der Waals surface area contributed by atoms with Gasteiger partial charge in [0, 0.05) is 0 Å². The van der Waals surface area contributed by atoms with E-state index in [0.29, 0.717) is 0 Å². The largest absolute Gasteiger partial charge is 0.0654 e. The minimum atomic E-state index is 1.12. The van der Waals surface area contributed by atoms with Crippen molar-refractivity contribution in [1.29, 1.82) is 0 Å². The fourth-order valence-corrected chi connectivity index (χ4v) is 3.42. The average molecular weight is 252 g/mol. The highest BCUT2D eigenvalue weighted by Crippen LogP contribution is 2.41. The van der Waals surface area contributed by atoms with Gasteiger partial charge in [-0.2, -0.15) is 0 Å². The monoisotopic (exact) mass is 252 g/mol. The standard InChI is InChI=1S/C18H36/c1-3-5-7-9-11-13-17-15-16-18(17)14-12-10-8-6-4-2/h17-18H,3-16H2,1-2H3. The van der Waals surface area contributed by atoms with Crippen LogP contribution >= 0.6 is 0 Å². The first-order chi connectivity index (χ1) is 8.88. The zero-order valence-electron chi connectivity index (χ0n) is 13.1. The summed E-state index contributed by atoms with van der Waals surface area (Å²) in [5.74, 6) is 2.25. The molecule has 0 aliphatic heterocycles. The van der Waals surface area contributed by atoms with E-state index in [1.165, 1.54) is 64.2 Å². The Bertz CT molecular complexity index is 153. The van der Waals surface area contributed by atoms with E-state index < -0.39 is 0 Å². The highest BCUT2D eigenvalue weighted by molar-refractivity contribution is 4.80. The second kappa shape index (κ2) is 10.9. The molecule has 1 saturated carbocycles. The van der Waals surface area contributed by atoms with Crippen LogP contribution in [0.3, 0.4) is 0 Å². The molecule has 0 nitrogen and oxygen atoms in total. The smallest absolute Gasteiger partial charge is 0.0386 e. The SMILES string of the molecule is CCCCCCCC1CCC1CCCCCCC. The molecule has 2 unspecified atom stereocenters. The molecule has 108 valence electrons. The molecule has 0 aromatic rings. The highest BCUT2D eigenvalue weighted by atomic mass is 14.3. The van der Waals surface area contributed by atoms with E-state index in [1.807, 2.05) is 0 Å². The summed E-state index contributed by atoms with van der Waals surface area (Å²) >= 11 is 0. The van der Waals surface area contributed by atoms with Crippen molar-refractivity contribution in [3.63, 3.8) is 0 Å². The van der Waals surface area contributed by atoms with Crippen LogP contribution in [0.25, 0.3) is 0 Å². The minimum absolute atomic E-state index is 1.12. The zero-order valence-corrected chi connectivity index (χ0v) is 13.1. The van der Waals surface area contributed by atoms with Crippen molar-refractivity contribution in [2.24, 2.45) is 11.8 Å². The van der Waals surface area contributed by atoms with Crippen LogP contribution in [0.4, 0.5) is 0 Å². The first-order valence-electron chi connectivity index (χ1n) is 8.88. The van der Waals surface area contributed by atoms with Gasteiger partial charge in [0.1, 0.15) is 0 Å². The lowest BCUT2D eigenvalue weighted by Crippen LogP contribution is -2.25. The number of rotatable bonds is 12. The molecule has 2 atom stereocenters. The fraction of sp³-hybridized carbons (Fsp3) is 1.00. The van der Waals surface area contributed by atoms with Gasteiger partial charge in [-0.3, -0.25) is 0 Å². The van der Waals surface area contributed by atoms with Gasteiger partial charge in [0.25, 0.3) is 0 Å². The van der Waals surface area contributed by atoms with E-state index >= 15 is 0 Å². The molecular weight excluding hydrogens is 216 g/mol. The van der Waals surface area contributed by atoms with Crippen LogP contribution in [0.5, 0.6) is 0 Å². The molecule has 1 fully saturated rings. The normalized spacial score (nSPS) is 23.0. The van der Waals surface area contributed by atoms with Crippen molar-refractivity contribution in [3.05, 3.63) is 0 Å². The Balaban J connectivity index is 1.89. The molecule has 0 amide bonds. The van der Waals surface area contributed by atoms with Gasteiger partial charge in [0.2, 0.25) is 0 Å². The maximum atomic E-state index is 2.31. The van der Waals surface area contributed by atoms with Gasteiger partial charge in [-0.15, -0.1) is 0 Å². The molecule has 18 heavy (non-hydrogen) atoms. The summed E-state index contributed by atoms with van der Waals surface area (Å²) in [5, 5.41) is 0. The second-order valence-corrected chi connectivity index (χ2v) is 6.50. The molecule has 0 saturated heterocycles. The van der Waals surface area contributed by atoms with Crippen LogP contribution in [0.2, 0.25) is 0 Å². The molecule has 0 heteroatoms. The molecule has 0 heterocycles. The summed E-state index contributed by atoms with van der Waals surface area (Å²) in [6, 6.07) is 0. The molecule has 1 rings (SSSR count). The average Bonchev–Trinajstić information content (AvgIpc) is 2.36. The van der Waals surface area contributed by atoms with Crippen molar-refractivity contribution in [1.82, 2.24) is 0 Å². The molecule has 1 aliphatic rings. The molecule has 0 radical (unpaired) electrons. The zero-order chi connectivity index (χ0) is 13.1. The predicted molar refractivity (Wildman–Crippen MR) is 83.0 cm³/mol. The Morgan fingerprint density at radius 2 is 0.944 bits per heavy atom. The van der Waals surface area contributed by atoms with Crippen molar-refractivity contribution in [3.8, 4) is 0 Å². The van der Waals surface area contributed by atoms with Gasteiger partial charge < -0.3 is 0 Å². The summed E-state index contributed by atoms with van der Waals surface area (Å²) in [7, 11) is 0. The predicted octanol–water partition coefficient (Wildman–Crippen LogP) is 6.73. The van der Waals surface area contributed by atoms with Gasteiger partial charge in [-0.1, -0.05) is 90.9 Å². The van der Waals surface area contributed by atoms with Crippen molar-refractivity contribution in [2.75, 3.05) is 0 Å². The Kier molecular flexibility index (Phi) is 9.70. The number of unbranched alkanes of at least 4 members (excludes halogenated alkanes) is 8. The first-order valence-corrected chi connectivity index (χ1v) is 8.88. The first kappa shape index (κ1) is 16.1. The summed E-state index contributed by atoms with van der Waals surface area (Å²) in [6.07, 6.45) is 20.8. The van der Waals surface area contributed by atoms with Gasteiger partial charge in [-0.05, 0) is 24.7 Å². The third kappa shape index (κ3) is 6.81. The van der Waals surface area contributed by atoms with Crippen LogP contribution < -0.4 is 0 Å². The lowest BCUT2D eigenvalue weighted by Gasteiger charge is -2.37. The molecule has 0 bridgehead atoms. The third-order valence-corrected chi connectivity index (χ3v) is 4.93. The summed E-state index contributed by atoms with van der Waals surface area (Å²) in [5.41, 5.74) is 0. The van der Waals surface area contributed by atoms with Crippen molar-refractivity contribution >= 4 is 0 Å². The van der Waals surface area contributed by atoms with Gasteiger partial charge in [0.15, 0.2) is 0 Å². The number of hydrogen-bond donors (Lipinski definition) is 0. The Morgan fingerprint density at radius 1 is 0.556 bits per heavy atom. The topological polar surface area (TPSA) is 0 Å². The van der Waals surface area contributed by atoms with Gasteiger partial charge in [-0.25, -0.2) is 0 Å². The molecule has 0 N–H and O–H groups in total. The Labute approximate surface area is 116 Å². The van der Waals surface area contributed by atoms with Crippen molar-refractivity contribution < 1.29 is 0 Å². The summed E-state index contributed by atoms with van der Waals surface area (Å²) in [4.78, 5) is 0. The molecular formula is C18H36. The van der Waals surface area contributed by atoms with E-state index in [0.717, 1.165) is 11.8 Å². The van der Waals surface area contributed by atoms with E-state index in [-0.39, 0.29) is 0 Å². The van der Waals surface area contributed by atoms with Crippen LogP contribution in [0, 0.1) is 11.8 Å².